The van der Waals surface area contributed by atoms with Crippen LogP contribution in [0.25, 0.3) is 0 Å². The van der Waals surface area contributed by atoms with Gasteiger partial charge in [0.05, 0.1) is 11.4 Å². The van der Waals surface area contributed by atoms with Crippen molar-refractivity contribution in [3.05, 3.63) is 60.7 Å². The number of unbranched alkanes of at least 4 members (excludes halogenated alkanes) is 1. The lowest BCUT2D eigenvalue weighted by molar-refractivity contribution is 0.804. The van der Waals surface area contributed by atoms with Crippen LogP contribution in [0.4, 0.5) is 11.4 Å². The molecule has 0 bridgehead atoms. The molecule has 8 heteroatoms. The zero-order valence-corrected chi connectivity index (χ0v) is 15.7. The van der Waals surface area contributed by atoms with E-state index < -0.39 is 0 Å². The number of rotatable bonds is 5. The monoisotopic (exact) mass is 377 g/mol. The van der Waals surface area contributed by atoms with Crippen LogP contribution in [-0.2, 0) is 0 Å². The number of nitrogens with zero attached hydrogens (tertiary/aromatic N) is 2. The van der Waals surface area contributed by atoms with E-state index in [0.717, 1.165) is 24.2 Å². The number of nitrogens with one attached hydrogen (secondary N) is 2. The molecule has 7 nitrogen and oxygen atoms in total. The van der Waals surface area contributed by atoms with Gasteiger partial charge < -0.3 is 11.5 Å². The molecular weight excluding hydrogens is 350 g/mol. The minimum atomic E-state index is -0.178. The van der Waals surface area contributed by atoms with Gasteiger partial charge in [-0.25, -0.2) is 5.84 Å². The molecule has 0 saturated carbocycles. The summed E-state index contributed by atoms with van der Waals surface area (Å²) in [5, 5.41) is 10.9. The predicted molar refractivity (Wildman–Crippen MR) is 113 cm³/mol. The molecule has 0 unspecified atom stereocenters. The highest BCUT2D eigenvalue weighted by atomic mass is 35.5. The Morgan fingerprint density at radius 2 is 1.46 bits per heavy atom. The second-order valence-corrected chi connectivity index (χ2v) is 5.20. The molecule has 0 atom stereocenters. The van der Waals surface area contributed by atoms with Crippen molar-refractivity contribution in [1.82, 2.24) is 5.32 Å². The number of nitrogens with two attached hydrogens (primary N) is 3. The Labute approximate surface area is 161 Å². The lowest BCUT2D eigenvalue weighted by Crippen LogP contribution is -2.40. The number of hydrogen-bond donors (Lipinski definition) is 5. The van der Waals surface area contributed by atoms with Gasteiger partial charge in [0.25, 0.3) is 0 Å². The molecule has 2 aromatic rings. The molecule has 0 aromatic heterocycles. The Balaban J connectivity index is 0.000000479. The average Bonchev–Trinajstić information content (AvgIpc) is 2.63. The van der Waals surface area contributed by atoms with Crippen LogP contribution >= 0.6 is 12.4 Å². The van der Waals surface area contributed by atoms with Crippen LogP contribution in [0.1, 0.15) is 19.8 Å². The van der Waals surface area contributed by atoms with Gasteiger partial charge in [0.15, 0.2) is 11.9 Å². The quantitative estimate of drug-likeness (QED) is 0.180. The van der Waals surface area contributed by atoms with E-state index in [9.17, 15) is 0 Å². The summed E-state index contributed by atoms with van der Waals surface area (Å²) < 4.78 is 0. The maximum Gasteiger partial charge on any atom is 0.195 e. The topological polar surface area (TPSA) is 130 Å². The van der Waals surface area contributed by atoms with Crippen molar-refractivity contribution in [2.75, 3.05) is 11.6 Å². The predicted octanol–water partition coefficient (Wildman–Crippen LogP) is 2.70. The fourth-order valence-electron chi connectivity index (χ4n) is 1.86. The highest BCUT2D eigenvalue weighted by Gasteiger charge is 2.01. The molecule has 8 N–H and O–H groups in total. The smallest absolute Gasteiger partial charge is 0.195 e. The van der Waals surface area contributed by atoms with Crippen LogP contribution in [0.3, 0.4) is 0 Å². The number of para-hydroxylation sites is 2. The van der Waals surface area contributed by atoms with E-state index >= 15 is 0 Å². The maximum absolute atomic E-state index is 6.81. The van der Waals surface area contributed by atoms with Crippen molar-refractivity contribution in [2.45, 2.75) is 19.8 Å². The lowest BCUT2D eigenvalue weighted by atomic mass is 10.2. The number of benzene rings is 2. The fourth-order valence-corrected chi connectivity index (χ4v) is 1.86. The molecule has 0 spiro atoms. The number of hydrazine groups is 1. The van der Waals surface area contributed by atoms with Crippen molar-refractivity contribution in [1.29, 1.82) is 5.41 Å². The number of guanidine groups is 2. The summed E-state index contributed by atoms with van der Waals surface area (Å²) in [4.78, 5) is 3.92. The fraction of sp³-hybridized carbons (Fsp3) is 0.222. The van der Waals surface area contributed by atoms with E-state index in [1.165, 1.54) is 0 Å². The molecule has 2 rings (SSSR count). The van der Waals surface area contributed by atoms with E-state index in [0.29, 0.717) is 6.54 Å². The van der Waals surface area contributed by atoms with Crippen LogP contribution in [0.2, 0.25) is 0 Å². The first-order valence-electron chi connectivity index (χ1n) is 8.10. The van der Waals surface area contributed by atoms with Crippen LogP contribution in [0, 0.1) is 5.41 Å². The van der Waals surface area contributed by atoms with Gasteiger partial charge in [0, 0.05) is 6.54 Å². The van der Waals surface area contributed by atoms with E-state index in [2.05, 4.69) is 17.2 Å². The van der Waals surface area contributed by atoms with Crippen molar-refractivity contribution in [2.24, 2.45) is 22.3 Å². The third kappa shape index (κ3) is 9.51. The van der Waals surface area contributed by atoms with Crippen LogP contribution in [0.5, 0.6) is 0 Å². The van der Waals surface area contributed by atoms with Gasteiger partial charge in [-0.05, 0) is 30.7 Å². The molecule has 0 aliphatic rings. The normalized spacial score (nSPS) is 10.0. The van der Waals surface area contributed by atoms with Crippen LogP contribution < -0.4 is 27.6 Å². The Bertz CT molecular complexity index is 608. The summed E-state index contributed by atoms with van der Waals surface area (Å²) in [6, 6.07) is 19.7. The second kappa shape index (κ2) is 13.5. The van der Waals surface area contributed by atoms with E-state index in [1.807, 2.05) is 60.7 Å². The third-order valence-electron chi connectivity index (χ3n) is 3.13. The van der Waals surface area contributed by atoms with Gasteiger partial charge in [-0.2, -0.15) is 0 Å². The summed E-state index contributed by atoms with van der Waals surface area (Å²) in [5.74, 6) is 5.99. The molecule has 0 heterocycles. The summed E-state index contributed by atoms with van der Waals surface area (Å²) in [6.45, 7) is 2.76. The van der Waals surface area contributed by atoms with E-state index in [1.54, 1.807) is 5.01 Å². The lowest BCUT2D eigenvalue weighted by Gasteiger charge is -2.18. The first kappa shape index (κ1) is 23.2. The minimum absolute atomic E-state index is 0. The molecule has 0 fully saturated rings. The number of hydrogen-bond acceptors (Lipinski definition) is 4. The molecular formula is C18H28ClN7. The van der Waals surface area contributed by atoms with E-state index in [4.69, 9.17) is 22.7 Å². The van der Waals surface area contributed by atoms with Gasteiger partial charge in [-0.1, -0.05) is 49.7 Å². The Kier molecular flexibility index (Phi) is 12.1. The molecule has 2 aromatic carbocycles. The summed E-state index contributed by atoms with van der Waals surface area (Å²) in [6.07, 6.45) is 2.08. The van der Waals surface area contributed by atoms with Crippen molar-refractivity contribution in [3.8, 4) is 0 Å². The first-order chi connectivity index (χ1) is 12.0. The van der Waals surface area contributed by atoms with Crippen molar-refractivity contribution < 1.29 is 0 Å². The molecule has 0 aliphatic carbocycles. The molecule has 26 heavy (non-hydrogen) atoms. The molecule has 0 saturated heterocycles. The standard InChI is InChI=1S/C12H12N2.C6H15N5.ClH/c13-14(11-7-3-1-4-8-11)12-9-5-2-6-10-12;1-2-3-4-10-6(9)11-5(7)8;/h1-10H,13H2;2-4H2,1H3,(H6,7,8,9,10,11);1H. The first-order valence-corrected chi connectivity index (χ1v) is 8.10. The highest BCUT2D eigenvalue weighted by Crippen LogP contribution is 2.20. The Morgan fingerprint density at radius 3 is 1.85 bits per heavy atom. The summed E-state index contributed by atoms with van der Waals surface area (Å²) >= 11 is 0. The van der Waals surface area contributed by atoms with Crippen LogP contribution in [0.15, 0.2) is 65.7 Å². The van der Waals surface area contributed by atoms with Gasteiger partial charge in [-0.3, -0.25) is 20.7 Å². The SMILES string of the molecule is CCCCN=C(N)NC(=N)N.Cl.NN(c1ccccc1)c1ccccc1. The largest absolute Gasteiger partial charge is 0.370 e. The molecule has 0 radical (unpaired) electrons. The average molecular weight is 378 g/mol. The summed E-state index contributed by atoms with van der Waals surface area (Å²) in [5.41, 5.74) is 12.3. The number of aliphatic imine (C=N–C) groups is 1. The maximum atomic E-state index is 6.81. The molecule has 142 valence electrons. The van der Waals surface area contributed by atoms with Crippen LogP contribution in [-0.4, -0.2) is 18.5 Å². The highest BCUT2D eigenvalue weighted by molar-refractivity contribution is 5.95. The molecule has 0 amide bonds. The van der Waals surface area contributed by atoms with Gasteiger partial charge in [-0.15, -0.1) is 12.4 Å². The van der Waals surface area contributed by atoms with E-state index in [-0.39, 0.29) is 24.3 Å². The Hall–Kier alpha value is -2.77. The third-order valence-corrected chi connectivity index (χ3v) is 3.13. The van der Waals surface area contributed by atoms with Crippen molar-refractivity contribution >= 4 is 35.7 Å². The molecule has 0 aliphatic heterocycles. The minimum Gasteiger partial charge on any atom is -0.370 e. The Morgan fingerprint density at radius 1 is 1.00 bits per heavy atom. The van der Waals surface area contributed by atoms with Gasteiger partial charge in [0.2, 0.25) is 0 Å². The van der Waals surface area contributed by atoms with Gasteiger partial charge >= 0.3 is 0 Å². The number of halogens is 1. The van der Waals surface area contributed by atoms with Gasteiger partial charge in [0.1, 0.15) is 0 Å². The second-order valence-electron chi connectivity index (χ2n) is 5.20. The zero-order chi connectivity index (χ0) is 18.5. The number of anilines is 2. The van der Waals surface area contributed by atoms with Crippen molar-refractivity contribution in [3.63, 3.8) is 0 Å². The zero-order valence-electron chi connectivity index (χ0n) is 14.9. The summed E-state index contributed by atoms with van der Waals surface area (Å²) in [7, 11) is 0.